The Morgan fingerprint density at radius 3 is 2.13 bits per heavy atom. The summed E-state index contributed by atoms with van der Waals surface area (Å²) in [6, 6.07) is 5.17. The molecular formula is C31H32F4N2O2. The molecule has 0 unspecified atom stereocenters. The molecule has 0 bridgehead atoms. The second-order valence-electron chi connectivity index (χ2n) is 9.54. The minimum absolute atomic E-state index is 0.0570. The van der Waals surface area contributed by atoms with Gasteiger partial charge >= 0.3 is 0 Å². The van der Waals surface area contributed by atoms with Crippen molar-refractivity contribution in [2.45, 2.75) is 51.7 Å². The predicted molar refractivity (Wildman–Crippen MR) is 143 cm³/mol. The number of benzene rings is 2. The first-order chi connectivity index (χ1) is 18.9. The maximum Gasteiger partial charge on any atom is 0.186 e. The summed E-state index contributed by atoms with van der Waals surface area (Å²) in [4.78, 5) is 8.32. The van der Waals surface area contributed by atoms with Gasteiger partial charge in [-0.25, -0.2) is 27.5 Å². The maximum absolute atomic E-state index is 15.1. The Balaban J connectivity index is 1.47. The van der Waals surface area contributed by atoms with Gasteiger partial charge in [0.2, 0.25) is 0 Å². The van der Waals surface area contributed by atoms with Crippen molar-refractivity contribution in [3.05, 3.63) is 95.9 Å². The number of hydrogen-bond acceptors (Lipinski definition) is 4. The van der Waals surface area contributed by atoms with Crippen molar-refractivity contribution in [2.24, 2.45) is 5.92 Å². The molecule has 0 saturated carbocycles. The molecule has 2 aromatic carbocycles. The van der Waals surface area contributed by atoms with Gasteiger partial charge in [-0.15, -0.1) is 6.58 Å². The fraction of sp³-hybridized carbons (Fsp3) is 0.355. The summed E-state index contributed by atoms with van der Waals surface area (Å²) in [6.45, 7) is 6.65. The third kappa shape index (κ3) is 6.81. The van der Waals surface area contributed by atoms with E-state index in [1.165, 1.54) is 36.7 Å². The molecule has 8 heteroatoms. The van der Waals surface area contributed by atoms with Gasteiger partial charge in [0, 0.05) is 35.0 Å². The standard InChI is InChI=1S/C31H32F4N2O2/c1-3-5-7-9-10-20-18-38-31(39-19-20)22-16-36-30(37-17-22)25-15-14-24(28(34)29(25)35)23-13-12-21(11-8-6-4-2)26(32)27(23)33/h3,9-10,12-17,20,31H,1,4-8,11,18-19H2,2H3/b10-9+. The third-order valence-corrected chi connectivity index (χ3v) is 6.64. The lowest BCUT2D eigenvalue weighted by atomic mass is 9.98. The minimum Gasteiger partial charge on any atom is -0.348 e. The Hall–Kier alpha value is -3.36. The second kappa shape index (κ2) is 13.6. The topological polar surface area (TPSA) is 44.2 Å². The zero-order chi connectivity index (χ0) is 27.8. The minimum atomic E-state index is -1.30. The van der Waals surface area contributed by atoms with E-state index in [0.717, 1.165) is 32.1 Å². The van der Waals surface area contributed by atoms with Crippen LogP contribution < -0.4 is 0 Å². The van der Waals surface area contributed by atoms with Crippen molar-refractivity contribution in [1.29, 1.82) is 0 Å². The summed E-state index contributed by atoms with van der Waals surface area (Å²) >= 11 is 0. The molecule has 4 rings (SSSR count). The normalized spacial score (nSPS) is 17.6. The lowest BCUT2D eigenvalue weighted by Gasteiger charge is -2.27. The number of aryl methyl sites for hydroxylation is 1. The number of hydrogen-bond donors (Lipinski definition) is 0. The Labute approximate surface area is 226 Å². The van der Waals surface area contributed by atoms with Crippen LogP contribution in [0.1, 0.15) is 56.4 Å². The van der Waals surface area contributed by atoms with Gasteiger partial charge in [-0.2, -0.15) is 0 Å². The molecule has 206 valence electrons. The van der Waals surface area contributed by atoms with E-state index >= 15 is 8.78 Å². The van der Waals surface area contributed by atoms with E-state index in [9.17, 15) is 8.78 Å². The van der Waals surface area contributed by atoms with Crippen LogP contribution in [0.5, 0.6) is 0 Å². The summed E-state index contributed by atoms with van der Waals surface area (Å²) in [5, 5.41) is 0. The zero-order valence-corrected chi connectivity index (χ0v) is 21.9. The number of allylic oxidation sites excluding steroid dienone is 2. The van der Waals surface area contributed by atoms with Gasteiger partial charge in [-0.1, -0.05) is 56.2 Å². The fourth-order valence-electron chi connectivity index (χ4n) is 4.41. The quantitative estimate of drug-likeness (QED) is 0.139. The van der Waals surface area contributed by atoms with Crippen LogP contribution in [0, 0.1) is 29.2 Å². The number of ether oxygens (including phenoxy) is 2. The number of unbranched alkanes of at least 4 members (excludes halogenated alkanes) is 3. The highest BCUT2D eigenvalue weighted by Crippen LogP contribution is 2.34. The van der Waals surface area contributed by atoms with Crippen molar-refractivity contribution in [3.63, 3.8) is 0 Å². The average Bonchev–Trinajstić information content (AvgIpc) is 2.96. The SMILES string of the molecule is C=CCC/C=C/C1COC(c2cnc(-c3ccc(-c4ccc(CCCCC)c(F)c4F)c(F)c3F)nc2)OC1. The number of rotatable bonds is 11. The Kier molecular flexibility index (Phi) is 10.0. The summed E-state index contributed by atoms with van der Waals surface area (Å²) < 4.78 is 71.1. The van der Waals surface area contributed by atoms with Crippen LogP contribution in [0.3, 0.4) is 0 Å². The zero-order valence-electron chi connectivity index (χ0n) is 21.9. The maximum atomic E-state index is 15.1. The molecule has 39 heavy (non-hydrogen) atoms. The van der Waals surface area contributed by atoms with Crippen LogP contribution in [-0.2, 0) is 15.9 Å². The molecule has 2 heterocycles. The van der Waals surface area contributed by atoms with Crippen molar-refractivity contribution in [3.8, 4) is 22.5 Å². The molecule has 1 aliphatic rings. The molecular weight excluding hydrogens is 508 g/mol. The molecule has 1 fully saturated rings. The Bertz CT molecular complexity index is 1300. The number of nitrogens with zero attached hydrogens (tertiary/aromatic N) is 2. The van der Waals surface area contributed by atoms with Gasteiger partial charge in [-0.3, -0.25) is 0 Å². The van der Waals surface area contributed by atoms with E-state index in [4.69, 9.17) is 9.47 Å². The molecule has 0 radical (unpaired) electrons. The van der Waals surface area contributed by atoms with E-state index in [0.29, 0.717) is 25.2 Å². The third-order valence-electron chi connectivity index (χ3n) is 6.64. The van der Waals surface area contributed by atoms with Crippen LogP contribution in [0.4, 0.5) is 17.6 Å². The van der Waals surface area contributed by atoms with Crippen molar-refractivity contribution in [2.75, 3.05) is 13.2 Å². The van der Waals surface area contributed by atoms with Gasteiger partial charge < -0.3 is 9.47 Å². The van der Waals surface area contributed by atoms with Gasteiger partial charge in [0.05, 0.1) is 18.8 Å². The van der Waals surface area contributed by atoms with Gasteiger partial charge in [0.1, 0.15) is 0 Å². The molecule has 0 atom stereocenters. The molecule has 0 N–H and O–H groups in total. The van der Waals surface area contributed by atoms with E-state index in [1.54, 1.807) is 0 Å². The molecule has 3 aromatic rings. The molecule has 1 aromatic heterocycles. The Morgan fingerprint density at radius 1 is 0.846 bits per heavy atom. The molecule has 0 spiro atoms. The van der Waals surface area contributed by atoms with E-state index in [2.05, 4.69) is 28.7 Å². The highest BCUT2D eigenvalue weighted by Gasteiger charge is 2.25. The van der Waals surface area contributed by atoms with Gasteiger partial charge in [0.15, 0.2) is 35.4 Å². The summed E-state index contributed by atoms with van der Waals surface area (Å²) in [5.74, 6) is -4.70. The van der Waals surface area contributed by atoms with Crippen LogP contribution in [0.25, 0.3) is 22.5 Å². The smallest absolute Gasteiger partial charge is 0.186 e. The molecule has 4 nitrogen and oxygen atoms in total. The van der Waals surface area contributed by atoms with Crippen LogP contribution >= 0.6 is 0 Å². The number of halogens is 4. The molecule has 0 amide bonds. The van der Waals surface area contributed by atoms with Crippen molar-refractivity contribution >= 4 is 0 Å². The Morgan fingerprint density at radius 2 is 1.46 bits per heavy atom. The van der Waals surface area contributed by atoms with E-state index in [1.807, 2.05) is 13.0 Å². The lowest BCUT2D eigenvalue weighted by Crippen LogP contribution is -2.26. The predicted octanol–water partition coefficient (Wildman–Crippen LogP) is 8.28. The van der Waals surface area contributed by atoms with Crippen LogP contribution in [0.15, 0.2) is 61.5 Å². The van der Waals surface area contributed by atoms with Crippen molar-refractivity contribution < 1.29 is 27.0 Å². The summed E-state index contributed by atoms with van der Waals surface area (Å²) in [5.41, 5.74) is -0.151. The van der Waals surface area contributed by atoms with Gasteiger partial charge in [-0.05, 0) is 37.3 Å². The van der Waals surface area contributed by atoms with Crippen molar-refractivity contribution in [1.82, 2.24) is 9.97 Å². The van der Waals surface area contributed by atoms with Gasteiger partial charge in [0.25, 0.3) is 0 Å². The monoisotopic (exact) mass is 540 g/mol. The van der Waals surface area contributed by atoms with E-state index < -0.39 is 29.6 Å². The van der Waals surface area contributed by atoms with Crippen LogP contribution in [-0.4, -0.2) is 23.2 Å². The summed E-state index contributed by atoms with van der Waals surface area (Å²) in [7, 11) is 0. The molecule has 1 aliphatic heterocycles. The first-order valence-corrected chi connectivity index (χ1v) is 13.2. The first-order valence-electron chi connectivity index (χ1n) is 13.2. The number of aromatic nitrogens is 2. The highest BCUT2D eigenvalue weighted by molar-refractivity contribution is 5.70. The van der Waals surface area contributed by atoms with E-state index in [-0.39, 0.29) is 34.0 Å². The largest absolute Gasteiger partial charge is 0.348 e. The average molecular weight is 541 g/mol. The second-order valence-corrected chi connectivity index (χ2v) is 9.54. The van der Waals surface area contributed by atoms with Crippen LogP contribution in [0.2, 0.25) is 0 Å². The lowest BCUT2D eigenvalue weighted by molar-refractivity contribution is -0.197. The first kappa shape index (κ1) is 28.6. The highest BCUT2D eigenvalue weighted by atomic mass is 19.2. The summed E-state index contributed by atoms with van der Waals surface area (Å²) in [6.07, 6.45) is 13.0. The molecule has 1 saturated heterocycles. The fourth-order valence-corrected chi connectivity index (χ4v) is 4.41. The molecule has 0 aliphatic carbocycles.